The molecule has 0 saturated heterocycles. The molecule has 8 nitrogen and oxygen atoms in total. The Balaban J connectivity index is 0.00000400. The van der Waals surface area contributed by atoms with E-state index in [0.717, 1.165) is 12.8 Å². The van der Waals surface area contributed by atoms with E-state index in [-0.39, 0.29) is 67.1 Å². The standard InChI is InChI=1S/C27H29F2N3O5.Na/c28-19-9-7-17(8-10-19)26-31-24(27(37)30-15-18-3-1-2-4-22(18)29)25(16-5-6-16)32(26)12-11-20(33)13-21(34)14-23(35)36;/h1-4,7-10,16,20-21,33-34H,5-6,11-15H2,(H,30,37)(H,35,36);/q;+1/p-1/t20-,21-;/m1./s1. The first-order valence-electron chi connectivity index (χ1n) is 12.2. The molecule has 1 fully saturated rings. The van der Waals surface area contributed by atoms with Crippen LogP contribution in [-0.2, 0) is 17.9 Å². The van der Waals surface area contributed by atoms with E-state index in [1.54, 1.807) is 30.3 Å². The van der Waals surface area contributed by atoms with Crippen molar-refractivity contribution in [3.63, 3.8) is 0 Å². The first kappa shape index (κ1) is 29.9. The fourth-order valence-electron chi connectivity index (χ4n) is 4.34. The number of aromatic nitrogens is 2. The zero-order chi connectivity index (χ0) is 26.5. The molecule has 3 N–H and O–H groups in total. The maximum absolute atomic E-state index is 14.0. The van der Waals surface area contributed by atoms with Crippen LogP contribution in [0.2, 0.25) is 0 Å². The van der Waals surface area contributed by atoms with Gasteiger partial charge in [-0.15, -0.1) is 0 Å². The molecular weight excluding hydrogens is 507 g/mol. The van der Waals surface area contributed by atoms with E-state index >= 15 is 0 Å². The van der Waals surface area contributed by atoms with Crippen molar-refractivity contribution in [3.8, 4) is 11.4 Å². The number of carbonyl (C=O) groups is 2. The molecule has 196 valence electrons. The number of carboxylic acids is 1. The van der Waals surface area contributed by atoms with Gasteiger partial charge in [0.2, 0.25) is 0 Å². The number of amides is 1. The van der Waals surface area contributed by atoms with Gasteiger partial charge in [0, 0.05) is 42.5 Å². The summed E-state index contributed by atoms with van der Waals surface area (Å²) in [6, 6.07) is 11.8. The maximum atomic E-state index is 14.0. The van der Waals surface area contributed by atoms with E-state index in [4.69, 9.17) is 0 Å². The van der Waals surface area contributed by atoms with Crippen LogP contribution in [0, 0.1) is 11.6 Å². The van der Waals surface area contributed by atoms with Gasteiger partial charge in [0.05, 0.1) is 17.9 Å². The zero-order valence-electron chi connectivity index (χ0n) is 21.1. The molecule has 0 unspecified atom stereocenters. The van der Waals surface area contributed by atoms with Gasteiger partial charge in [0.25, 0.3) is 5.91 Å². The second kappa shape index (κ2) is 13.4. The van der Waals surface area contributed by atoms with Gasteiger partial charge in [-0.2, -0.15) is 0 Å². The zero-order valence-corrected chi connectivity index (χ0v) is 23.1. The summed E-state index contributed by atoms with van der Waals surface area (Å²) >= 11 is 0. The smallest absolute Gasteiger partial charge is 0.550 e. The van der Waals surface area contributed by atoms with Crippen molar-refractivity contribution < 1.29 is 63.2 Å². The first-order valence-corrected chi connectivity index (χ1v) is 12.2. The number of benzene rings is 2. The monoisotopic (exact) mass is 535 g/mol. The van der Waals surface area contributed by atoms with Crippen LogP contribution < -0.4 is 40.0 Å². The molecule has 0 radical (unpaired) electrons. The summed E-state index contributed by atoms with van der Waals surface area (Å²) in [5.41, 5.74) is 1.76. The summed E-state index contributed by atoms with van der Waals surface area (Å²) in [5, 5.41) is 33.7. The number of halogens is 2. The van der Waals surface area contributed by atoms with Crippen molar-refractivity contribution in [2.24, 2.45) is 0 Å². The van der Waals surface area contributed by atoms with Gasteiger partial charge in [-0.25, -0.2) is 13.8 Å². The van der Waals surface area contributed by atoms with Crippen molar-refractivity contribution in [3.05, 3.63) is 77.1 Å². The Morgan fingerprint density at radius 2 is 1.76 bits per heavy atom. The third-order valence-corrected chi connectivity index (χ3v) is 6.32. The minimum atomic E-state index is -1.41. The van der Waals surface area contributed by atoms with Crippen molar-refractivity contribution in [1.29, 1.82) is 0 Å². The number of nitrogens with zero attached hydrogens (tertiary/aromatic N) is 2. The molecule has 11 heteroatoms. The molecule has 3 aromatic rings. The van der Waals surface area contributed by atoms with Crippen LogP contribution in [0.4, 0.5) is 8.78 Å². The number of nitrogens with one attached hydrogen (secondary N) is 1. The van der Waals surface area contributed by atoms with Gasteiger partial charge in [0.1, 0.15) is 23.2 Å². The van der Waals surface area contributed by atoms with Gasteiger partial charge in [-0.3, -0.25) is 4.79 Å². The summed E-state index contributed by atoms with van der Waals surface area (Å²) in [7, 11) is 0. The summed E-state index contributed by atoms with van der Waals surface area (Å²) in [5.74, 6) is -2.26. The van der Waals surface area contributed by atoms with E-state index in [0.29, 0.717) is 22.6 Å². The molecule has 1 saturated carbocycles. The average Bonchev–Trinajstić information content (AvgIpc) is 3.62. The number of hydrogen-bond acceptors (Lipinski definition) is 6. The van der Waals surface area contributed by atoms with Crippen LogP contribution in [0.25, 0.3) is 11.4 Å². The molecule has 0 aliphatic heterocycles. The Kier molecular flexibility index (Phi) is 10.6. The molecule has 38 heavy (non-hydrogen) atoms. The van der Waals surface area contributed by atoms with Crippen LogP contribution >= 0.6 is 0 Å². The van der Waals surface area contributed by atoms with Crippen LogP contribution in [-0.4, -0.2) is 43.8 Å². The van der Waals surface area contributed by atoms with E-state index in [1.807, 2.05) is 4.57 Å². The third kappa shape index (κ3) is 7.70. The van der Waals surface area contributed by atoms with Crippen molar-refractivity contribution >= 4 is 11.9 Å². The number of carbonyl (C=O) groups excluding carboxylic acids is 2. The van der Waals surface area contributed by atoms with Crippen molar-refractivity contribution in [2.45, 2.75) is 63.3 Å². The number of rotatable bonds is 12. The van der Waals surface area contributed by atoms with E-state index in [9.17, 15) is 33.7 Å². The van der Waals surface area contributed by atoms with Gasteiger partial charge in [0.15, 0.2) is 0 Å². The second-order valence-corrected chi connectivity index (χ2v) is 9.28. The second-order valence-electron chi connectivity index (χ2n) is 9.28. The van der Waals surface area contributed by atoms with Crippen molar-refractivity contribution in [2.75, 3.05) is 0 Å². The van der Waals surface area contributed by atoms with E-state index in [2.05, 4.69) is 10.3 Å². The maximum Gasteiger partial charge on any atom is 1.00 e. The SMILES string of the molecule is O=C([O-])C[C@H](O)C[C@H](O)CCn1c(-c2ccc(F)cc2)nc(C(=O)NCc2ccccc2F)c1C1CC1.[Na+]. The molecule has 1 aliphatic rings. The Morgan fingerprint density at radius 3 is 2.39 bits per heavy atom. The predicted octanol–water partition coefficient (Wildman–Crippen LogP) is -0.718. The minimum Gasteiger partial charge on any atom is -0.550 e. The number of aliphatic hydroxyl groups is 2. The van der Waals surface area contributed by atoms with Gasteiger partial charge in [-0.1, -0.05) is 18.2 Å². The number of aliphatic carboxylic acids is 1. The topological polar surface area (TPSA) is 128 Å². The Hall–Kier alpha value is -2.63. The fraction of sp³-hybridized carbons (Fsp3) is 0.370. The number of aliphatic hydroxyl groups excluding tert-OH is 2. The molecule has 1 aliphatic carbocycles. The summed E-state index contributed by atoms with van der Waals surface area (Å²) in [4.78, 5) is 28.5. The molecule has 1 heterocycles. The molecule has 0 spiro atoms. The van der Waals surface area contributed by atoms with Crippen molar-refractivity contribution in [1.82, 2.24) is 14.9 Å². The number of imidazole rings is 1. The molecular formula is C27H28F2N3NaO5. The normalized spacial score (nSPS) is 14.4. The van der Waals surface area contributed by atoms with Crippen LogP contribution in [0.5, 0.6) is 0 Å². The predicted molar refractivity (Wildman–Crippen MR) is 128 cm³/mol. The molecule has 1 aromatic heterocycles. The first-order chi connectivity index (χ1) is 17.7. The Morgan fingerprint density at radius 1 is 1.08 bits per heavy atom. The summed E-state index contributed by atoms with van der Waals surface area (Å²) in [6.45, 7) is 0.203. The van der Waals surface area contributed by atoms with Gasteiger partial charge in [-0.05, 0) is 56.0 Å². The van der Waals surface area contributed by atoms with Crippen LogP contribution in [0.1, 0.15) is 59.8 Å². The summed E-state index contributed by atoms with van der Waals surface area (Å²) < 4.78 is 29.4. The van der Waals surface area contributed by atoms with E-state index < -0.39 is 42.1 Å². The van der Waals surface area contributed by atoms with Crippen LogP contribution in [0.3, 0.4) is 0 Å². The molecule has 0 bridgehead atoms. The fourth-order valence-corrected chi connectivity index (χ4v) is 4.34. The quantitative estimate of drug-likeness (QED) is 0.263. The average molecular weight is 536 g/mol. The number of carboxylic acid groups (broad SMARTS) is 1. The third-order valence-electron chi connectivity index (χ3n) is 6.32. The molecule has 2 aromatic carbocycles. The Bertz CT molecular complexity index is 1260. The molecule has 4 rings (SSSR count). The van der Waals surface area contributed by atoms with Gasteiger partial charge >= 0.3 is 29.6 Å². The minimum absolute atomic E-state index is 0. The number of hydrogen-bond donors (Lipinski definition) is 3. The van der Waals surface area contributed by atoms with E-state index in [1.165, 1.54) is 18.2 Å². The van der Waals surface area contributed by atoms with Crippen LogP contribution in [0.15, 0.2) is 48.5 Å². The largest absolute Gasteiger partial charge is 1.00 e. The summed E-state index contributed by atoms with van der Waals surface area (Å²) in [6.07, 6.45) is -1.15. The van der Waals surface area contributed by atoms with Gasteiger partial charge < -0.3 is 30.0 Å². The Labute approximate surface area is 241 Å². The molecule has 1 amide bonds. The molecule has 2 atom stereocenters.